The Morgan fingerprint density at radius 2 is 1.94 bits per heavy atom. The number of rotatable bonds is 11. The summed E-state index contributed by atoms with van der Waals surface area (Å²) in [5.74, 6) is -0.717. The van der Waals surface area contributed by atoms with Crippen LogP contribution in [0.3, 0.4) is 0 Å². The van der Waals surface area contributed by atoms with Crippen LogP contribution < -0.4 is 10.6 Å². The second kappa shape index (κ2) is 10.1. The number of aliphatic hydroxyl groups excluding tert-OH is 1. The second-order valence-corrected chi connectivity index (χ2v) is 11.2. The van der Waals surface area contributed by atoms with Gasteiger partial charge in [0.2, 0.25) is 17.7 Å². The molecule has 0 aromatic carbocycles. The molecule has 3 unspecified atom stereocenters. The maximum absolute atomic E-state index is 13.7. The van der Waals surface area contributed by atoms with Crippen molar-refractivity contribution in [2.75, 3.05) is 19.7 Å². The molecule has 31 heavy (non-hydrogen) atoms. The van der Waals surface area contributed by atoms with Gasteiger partial charge in [-0.3, -0.25) is 14.4 Å². The van der Waals surface area contributed by atoms with Gasteiger partial charge in [-0.1, -0.05) is 26.7 Å². The maximum atomic E-state index is 13.7. The number of hydrogen-bond acceptors (Lipinski definition) is 5. The summed E-state index contributed by atoms with van der Waals surface area (Å²) in [7, 11) is 0. The highest BCUT2D eigenvalue weighted by Crippen LogP contribution is 2.68. The Labute approximate surface area is 190 Å². The van der Waals surface area contributed by atoms with E-state index < -0.39 is 16.7 Å². The maximum Gasteiger partial charge on any atom is 0.244 e. The molecular formula is C23H39N3O4S. The summed E-state index contributed by atoms with van der Waals surface area (Å²) in [4.78, 5) is 42.0. The highest BCUT2D eigenvalue weighted by atomic mass is 32.2. The van der Waals surface area contributed by atoms with E-state index in [9.17, 15) is 14.4 Å². The molecule has 0 radical (unpaired) electrons. The number of hydrogen-bond donors (Lipinski definition) is 3. The van der Waals surface area contributed by atoms with Gasteiger partial charge in [0.05, 0.1) is 16.6 Å². The highest BCUT2D eigenvalue weighted by Gasteiger charge is 2.75. The first-order valence-electron chi connectivity index (χ1n) is 12.0. The van der Waals surface area contributed by atoms with E-state index in [1.54, 1.807) is 16.7 Å². The van der Waals surface area contributed by atoms with Crippen molar-refractivity contribution in [1.29, 1.82) is 0 Å². The molecule has 0 saturated carbocycles. The quantitative estimate of drug-likeness (QED) is 0.415. The molecule has 3 N–H and O–H groups in total. The highest BCUT2D eigenvalue weighted by molar-refractivity contribution is 8.02. The standard InChI is InChI=1S/C23H39N3O4S/c1-5-10-24-20(28)17-16-13-15(4)23(31-16)18(17)22(30)26(11-8-6-7-9-12-27)19(23)21(29)25-14(2)3/h14-19,27H,5-13H2,1-4H3,(H,24,28)(H,25,29)/t15?,16-,17+,18-,19?,23?/m0/s1. The van der Waals surface area contributed by atoms with E-state index in [-0.39, 0.29) is 47.5 Å². The number of nitrogens with zero attached hydrogens (tertiary/aromatic N) is 1. The Hall–Kier alpha value is -1.28. The summed E-state index contributed by atoms with van der Waals surface area (Å²) < 4.78 is -0.528. The minimum absolute atomic E-state index is 0.00739. The second-order valence-electron chi connectivity index (χ2n) is 9.68. The molecule has 3 aliphatic heterocycles. The van der Waals surface area contributed by atoms with Gasteiger partial charge in [-0.05, 0) is 45.4 Å². The molecule has 7 nitrogen and oxygen atoms in total. The van der Waals surface area contributed by atoms with Crippen molar-refractivity contribution in [2.45, 2.75) is 88.3 Å². The van der Waals surface area contributed by atoms with Crippen LogP contribution in [0.25, 0.3) is 0 Å². The normalized spacial score (nSPS) is 33.8. The van der Waals surface area contributed by atoms with Crippen molar-refractivity contribution >= 4 is 29.5 Å². The van der Waals surface area contributed by atoms with Gasteiger partial charge in [0, 0.05) is 31.0 Å². The third-order valence-corrected chi connectivity index (χ3v) is 9.16. The number of carbonyl (C=O) groups excluding carboxylic acids is 3. The van der Waals surface area contributed by atoms with Gasteiger partial charge in [0.1, 0.15) is 6.04 Å². The van der Waals surface area contributed by atoms with Gasteiger partial charge < -0.3 is 20.6 Å². The zero-order chi connectivity index (χ0) is 22.8. The van der Waals surface area contributed by atoms with Gasteiger partial charge in [0.25, 0.3) is 0 Å². The lowest BCUT2D eigenvalue weighted by Gasteiger charge is -2.39. The molecule has 1 spiro atoms. The molecule has 6 atom stereocenters. The number of unbranched alkanes of at least 4 members (excludes halogenated alkanes) is 3. The first-order chi connectivity index (χ1) is 14.8. The Bertz CT molecular complexity index is 688. The molecule has 8 heteroatoms. The summed E-state index contributed by atoms with van der Waals surface area (Å²) in [5.41, 5.74) is 0. The predicted octanol–water partition coefficient (Wildman–Crippen LogP) is 1.93. The molecule has 0 aromatic rings. The Kier molecular flexibility index (Phi) is 7.95. The molecule has 3 aliphatic rings. The van der Waals surface area contributed by atoms with E-state index in [0.29, 0.717) is 13.1 Å². The van der Waals surface area contributed by atoms with Crippen LogP contribution in [0.5, 0.6) is 0 Å². The Morgan fingerprint density at radius 3 is 2.58 bits per heavy atom. The molecule has 3 amide bonds. The first kappa shape index (κ1) is 24.4. The van der Waals surface area contributed by atoms with Crippen molar-refractivity contribution < 1.29 is 19.5 Å². The van der Waals surface area contributed by atoms with Crippen LogP contribution in [-0.2, 0) is 14.4 Å². The lowest BCUT2D eigenvalue weighted by molar-refractivity contribution is -0.140. The summed E-state index contributed by atoms with van der Waals surface area (Å²) in [6.07, 6.45) is 5.10. The van der Waals surface area contributed by atoms with E-state index in [1.165, 1.54) is 0 Å². The van der Waals surface area contributed by atoms with Gasteiger partial charge in [0.15, 0.2) is 0 Å². The molecule has 176 valence electrons. The van der Waals surface area contributed by atoms with Crippen LogP contribution in [0.2, 0.25) is 0 Å². The van der Waals surface area contributed by atoms with E-state index in [2.05, 4.69) is 17.6 Å². The van der Waals surface area contributed by atoms with Crippen LogP contribution in [0.4, 0.5) is 0 Å². The lowest BCUT2D eigenvalue weighted by atomic mass is 9.66. The monoisotopic (exact) mass is 453 g/mol. The van der Waals surface area contributed by atoms with Crippen LogP contribution >= 0.6 is 11.8 Å². The van der Waals surface area contributed by atoms with E-state index in [4.69, 9.17) is 5.11 Å². The van der Waals surface area contributed by atoms with Crippen molar-refractivity contribution in [3.63, 3.8) is 0 Å². The third kappa shape index (κ3) is 4.34. The van der Waals surface area contributed by atoms with Gasteiger partial charge in [-0.15, -0.1) is 11.8 Å². The summed E-state index contributed by atoms with van der Waals surface area (Å²) >= 11 is 1.73. The average Bonchev–Trinajstić information content (AvgIpc) is 3.29. The number of likely N-dealkylation sites (tertiary alicyclic amines) is 1. The molecular weight excluding hydrogens is 414 g/mol. The summed E-state index contributed by atoms with van der Waals surface area (Å²) in [6, 6.07) is -0.536. The molecule has 0 aliphatic carbocycles. The fourth-order valence-electron chi connectivity index (χ4n) is 5.84. The number of amides is 3. The zero-order valence-corrected chi connectivity index (χ0v) is 20.2. The van der Waals surface area contributed by atoms with E-state index in [1.807, 2.05) is 20.8 Å². The minimum Gasteiger partial charge on any atom is -0.396 e. The van der Waals surface area contributed by atoms with Gasteiger partial charge in [-0.2, -0.15) is 0 Å². The van der Waals surface area contributed by atoms with Crippen molar-refractivity contribution in [3.8, 4) is 0 Å². The predicted molar refractivity (Wildman–Crippen MR) is 123 cm³/mol. The Morgan fingerprint density at radius 1 is 1.23 bits per heavy atom. The van der Waals surface area contributed by atoms with Gasteiger partial charge >= 0.3 is 0 Å². The van der Waals surface area contributed by atoms with E-state index in [0.717, 1.165) is 38.5 Å². The SMILES string of the molecule is CCCNC(=O)[C@@H]1[C@@H]2CC(C)C3(S2)C(C(=O)NC(C)C)N(CCCCCCO)C(=O)[C@H]13. The lowest BCUT2D eigenvalue weighted by Crippen LogP contribution is -2.57. The number of nitrogens with one attached hydrogen (secondary N) is 2. The minimum atomic E-state index is -0.529. The van der Waals surface area contributed by atoms with Gasteiger partial charge in [-0.25, -0.2) is 0 Å². The first-order valence-corrected chi connectivity index (χ1v) is 12.8. The number of carbonyl (C=O) groups is 3. The van der Waals surface area contributed by atoms with Crippen molar-refractivity contribution in [2.24, 2.45) is 17.8 Å². The topological polar surface area (TPSA) is 98.7 Å². The number of thioether (sulfide) groups is 1. The number of aliphatic hydroxyl groups is 1. The van der Waals surface area contributed by atoms with Crippen LogP contribution in [-0.4, -0.2) is 69.5 Å². The fraction of sp³-hybridized carbons (Fsp3) is 0.870. The van der Waals surface area contributed by atoms with Crippen LogP contribution in [0, 0.1) is 17.8 Å². The molecule has 3 heterocycles. The summed E-state index contributed by atoms with van der Waals surface area (Å²) in [6.45, 7) is 9.36. The van der Waals surface area contributed by atoms with Crippen molar-refractivity contribution in [1.82, 2.24) is 15.5 Å². The Balaban J connectivity index is 1.89. The molecule has 0 aromatic heterocycles. The van der Waals surface area contributed by atoms with Crippen LogP contribution in [0.1, 0.15) is 66.2 Å². The zero-order valence-electron chi connectivity index (χ0n) is 19.4. The third-order valence-electron chi connectivity index (χ3n) is 7.08. The van der Waals surface area contributed by atoms with E-state index >= 15 is 0 Å². The summed E-state index contributed by atoms with van der Waals surface area (Å²) in [5, 5.41) is 15.2. The smallest absolute Gasteiger partial charge is 0.244 e. The fourth-order valence-corrected chi connectivity index (χ4v) is 8.26. The molecule has 2 bridgehead atoms. The molecule has 3 rings (SSSR count). The largest absolute Gasteiger partial charge is 0.396 e. The number of fused-ring (bicyclic) bond motifs is 1. The van der Waals surface area contributed by atoms with Crippen molar-refractivity contribution in [3.05, 3.63) is 0 Å². The average molecular weight is 454 g/mol. The molecule has 3 fully saturated rings. The molecule has 3 saturated heterocycles. The van der Waals surface area contributed by atoms with Crippen LogP contribution in [0.15, 0.2) is 0 Å².